The van der Waals surface area contributed by atoms with Gasteiger partial charge in [-0.1, -0.05) is 32.0 Å². The quantitative estimate of drug-likeness (QED) is 0.645. The van der Waals surface area contributed by atoms with E-state index in [0.717, 1.165) is 40.0 Å². The number of aryl methyl sites for hydroxylation is 2. The fourth-order valence-corrected chi connectivity index (χ4v) is 3.80. The molecule has 5 nitrogen and oxygen atoms in total. The molecule has 5 heteroatoms. The molecule has 0 bridgehead atoms. The first-order valence-corrected chi connectivity index (χ1v) is 9.36. The molecule has 2 heterocycles. The summed E-state index contributed by atoms with van der Waals surface area (Å²) in [7, 11) is 1.78. The number of nitrogens with zero attached hydrogens (tertiary/aromatic N) is 1. The Labute approximate surface area is 159 Å². The fourth-order valence-electron chi connectivity index (χ4n) is 3.80. The zero-order valence-electron chi connectivity index (χ0n) is 16.6. The zero-order valence-corrected chi connectivity index (χ0v) is 16.6. The molecule has 0 saturated heterocycles. The van der Waals surface area contributed by atoms with E-state index in [0.29, 0.717) is 24.2 Å². The average molecular weight is 366 g/mol. The van der Waals surface area contributed by atoms with E-state index in [2.05, 4.69) is 4.98 Å². The number of aromatic nitrogens is 1. The minimum Gasteiger partial charge on any atom is -0.461 e. The van der Waals surface area contributed by atoms with Crippen LogP contribution in [0.15, 0.2) is 28.7 Å². The molecule has 0 aliphatic carbocycles. The first-order valence-electron chi connectivity index (χ1n) is 9.36. The van der Waals surface area contributed by atoms with Gasteiger partial charge in [-0.3, -0.25) is 9.59 Å². The largest absolute Gasteiger partial charge is 0.461 e. The van der Waals surface area contributed by atoms with Gasteiger partial charge in [0.05, 0.1) is 0 Å². The van der Waals surface area contributed by atoms with E-state index in [1.54, 1.807) is 18.9 Å². The molecule has 0 atom stereocenters. The minimum atomic E-state index is -0.116. The lowest BCUT2D eigenvalue weighted by Crippen LogP contribution is -2.27. The maximum Gasteiger partial charge on any atom is 0.270 e. The van der Waals surface area contributed by atoms with Crippen molar-refractivity contribution in [3.8, 4) is 0 Å². The Morgan fingerprint density at radius 3 is 2.44 bits per heavy atom. The lowest BCUT2D eigenvalue weighted by atomic mass is 10.0. The van der Waals surface area contributed by atoms with E-state index >= 15 is 0 Å². The van der Waals surface area contributed by atoms with Crippen LogP contribution in [0.5, 0.6) is 0 Å². The second-order valence-electron chi connectivity index (χ2n) is 6.90. The van der Waals surface area contributed by atoms with Gasteiger partial charge >= 0.3 is 0 Å². The standard InChI is InChI=1S/C22H26N2O3/c1-6-15-20(14(4)25)13(3)23-21(15)22(26)24(5)12-17-16-10-8-9-11-19(16)27-18(17)7-2/h8-11,23H,6-7,12H2,1-5H3. The van der Waals surface area contributed by atoms with Gasteiger partial charge in [0, 0.05) is 42.2 Å². The van der Waals surface area contributed by atoms with Crippen molar-refractivity contribution in [1.82, 2.24) is 9.88 Å². The molecule has 0 unspecified atom stereocenters. The van der Waals surface area contributed by atoms with Gasteiger partial charge in [0.25, 0.3) is 5.91 Å². The predicted molar refractivity (Wildman–Crippen MR) is 106 cm³/mol. The summed E-state index contributed by atoms with van der Waals surface area (Å²) in [5.74, 6) is 0.768. The molecule has 0 spiro atoms. The summed E-state index contributed by atoms with van der Waals surface area (Å²) in [5, 5.41) is 1.04. The molecule has 1 N–H and O–H groups in total. The highest BCUT2D eigenvalue weighted by Gasteiger charge is 2.25. The third kappa shape index (κ3) is 3.29. The van der Waals surface area contributed by atoms with Crippen molar-refractivity contribution < 1.29 is 14.0 Å². The van der Waals surface area contributed by atoms with Crippen molar-refractivity contribution in [2.75, 3.05) is 7.05 Å². The normalized spacial score (nSPS) is 11.1. The van der Waals surface area contributed by atoms with Crippen LogP contribution < -0.4 is 0 Å². The summed E-state index contributed by atoms with van der Waals surface area (Å²) in [4.78, 5) is 29.9. The highest BCUT2D eigenvalue weighted by molar-refractivity contribution is 6.02. The molecule has 2 aromatic heterocycles. The van der Waals surface area contributed by atoms with Crippen molar-refractivity contribution in [2.24, 2.45) is 0 Å². The molecule has 142 valence electrons. The van der Waals surface area contributed by atoms with Crippen molar-refractivity contribution in [2.45, 2.75) is 47.1 Å². The number of amides is 1. The number of carbonyl (C=O) groups excluding carboxylic acids is 2. The number of fused-ring (bicyclic) bond motifs is 1. The van der Waals surface area contributed by atoms with E-state index in [-0.39, 0.29) is 11.7 Å². The molecule has 3 aromatic rings. The predicted octanol–water partition coefficient (Wildman–Crippen LogP) is 4.67. The van der Waals surface area contributed by atoms with E-state index in [1.807, 2.05) is 45.0 Å². The second kappa shape index (κ2) is 7.43. The number of carbonyl (C=O) groups is 2. The molecule has 0 saturated carbocycles. The van der Waals surface area contributed by atoms with Crippen molar-refractivity contribution in [3.05, 3.63) is 58.1 Å². The van der Waals surface area contributed by atoms with Gasteiger partial charge in [-0.05, 0) is 31.9 Å². The number of aromatic amines is 1. The van der Waals surface area contributed by atoms with E-state index in [4.69, 9.17) is 4.42 Å². The average Bonchev–Trinajstić information content (AvgIpc) is 3.18. The Balaban J connectivity index is 1.96. The molecular weight excluding hydrogens is 340 g/mol. The Kier molecular flexibility index (Phi) is 5.22. The summed E-state index contributed by atoms with van der Waals surface area (Å²) >= 11 is 0. The number of furan rings is 1. The summed E-state index contributed by atoms with van der Waals surface area (Å²) in [5.41, 5.74) is 4.57. The molecule has 0 aliphatic rings. The number of H-pyrrole nitrogens is 1. The summed E-state index contributed by atoms with van der Waals surface area (Å²) in [6.45, 7) is 7.84. The van der Waals surface area contributed by atoms with Crippen LogP contribution in [0.3, 0.4) is 0 Å². The monoisotopic (exact) mass is 366 g/mol. The highest BCUT2D eigenvalue weighted by Crippen LogP contribution is 2.28. The molecule has 3 rings (SSSR count). The van der Waals surface area contributed by atoms with Crippen molar-refractivity contribution >= 4 is 22.7 Å². The highest BCUT2D eigenvalue weighted by atomic mass is 16.3. The maximum atomic E-state index is 13.1. The minimum absolute atomic E-state index is 0.0172. The number of nitrogens with one attached hydrogen (secondary N) is 1. The Morgan fingerprint density at radius 1 is 1.11 bits per heavy atom. The van der Waals surface area contributed by atoms with E-state index < -0.39 is 0 Å². The van der Waals surface area contributed by atoms with Gasteiger partial charge in [0.1, 0.15) is 17.0 Å². The van der Waals surface area contributed by atoms with Crippen LogP contribution in [0.25, 0.3) is 11.0 Å². The van der Waals surface area contributed by atoms with Gasteiger partial charge in [-0.25, -0.2) is 0 Å². The van der Waals surface area contributed by atoms with E-state index in [9.17, 15) is 9.59 Å². The van der Waals surface area contributed by atoms with Gasteiger partial charge in [0.15, 0.2) is 5.78 Å². The number of Topliss-reactive ketones (excluding diaryl/α,β-unsaturated/α-hetero) is 1. The molecular formula is C22H26N2O3. The van der Waals surface area contributed by atoms with Crippen LogP contribution in [0.4, 0.5) is 0 Å². The van der Waals surface area contributed by atoms with Gasteiger partial charge < -0.3 is 14.3 Å². The third-order valence-corrected chi connectivity index (χ3v) is 5.06. The number of benzene rings is 1. The molecule has 1 aromatic carbocycles. The number of ketones is 1. The summed E-state index contributed by atoms with van der Waals surface area (Å²) in [6.07, 6.45) is 1.39. The van der Waals surface area contributed by atoms with Crippen molar-refractivity contribution in [1.29, 1.82) is 0 Å². The number of rotatable bonds is 6. The number of hydrogen-bond acceptors (Lipinski definition) is 3. The van der Waals surface area contributed by atoms with Crippen LogP contribution in [0.1, 0.15) is 64.2 Å². The third-order valence-electron chi connectivity index (χ3n) is 5.06. The van der Waals surface area contributed by atoms with Crippen molar-refractivity contribution in [3.63, 3.8) is 0 Å². The van der Waals surface area contributed by atoms with Crippen LogP contribution >= 0.6 is 0 Å². The summed E-state index contributed by atoms with van der Waals surface area (Å²) in [6, 6.07) is 7.89. The van der Waals surface area contributed by atoms with Crippen LogP contribution in [0.2, 0.25) is 0 Å². The van der Waals surface area contributed by atoms with Gasteiger partial charge in [-0.2, -0.15) is 0 Å². The lowest BCUT2D eigenvalue weighted by molar-refractivity contribution is 0.0778. The smallest absolute Gasteiger partial charge is 0.270 e. The molecule has 0 radical (unpaired) electrons. The number of para-hydroxylation sites is 1. The molecule has 27 heavy (non-hydrogen) atoms. The van der Waals surface area contributed by atoms with Crippen LogP contribution in [-0.4, -0.2) is 28.6 Å². The SMILES string of the molecule is CCc1oc2ccccc2c1CN(C)C(=O)c1[nH]c(C)c(C(C)=O)c1CC. The first kappa shape index (κ1) is 19.0. The first-order chi connectivity index (χ1) is 12.9. The maximum absolute atomic E-state index is 13.1. The Hall–Kier alpha value is -2.82. The molecule has 0 fully saturated rings. The Bertz CT molecular complexity index is 1010. The van der Waals surface area contributed by atoms with Gasteiger partial charge in [0.2, 0.25) is 0 Å². The molecule has 0 aliphatic heterocycles. The topological polar surface area (TPSA) is 66.3 Å². The lowest BCUT2D eigenvalue weighted by Gasteiger charge is -2.17. The zero-order chi connectivity index (χ0) is 19.7. The number of hydrogen-bond donors (Lipinski definition) is 1. The van der Waals surface area contributed by atoms with Crippen LogP contribution in [-0.2, 0) is 19.4 Å². The van der Waals surface area contributed by atoms with Crippen LogP contribution in [0, 0.1) is 6.92 Å². The molecule has 1 amide bonds. The fraction of sp³-hybridized carbons (Fsp3) is 0.364. The van der Waals surface area contributed by atoms with E-state index in [1.165, 1.54) is 0 Å². The Morgan fingerprint density at radius 2 is 1.81 bits per heavy atom. The second-order valence-corrected chi connectivity index (χ2v) is 6.90. The summed E-state index contributed by atoms with van der Waals surface area (Å²) < 4.78 is 5.94. The van der Waals surface area contributed by atoms with Gasteiger partial charge in [-0.15, -0.1) is 0 Å².